The van der Waals surface area contributed by atoms with Gasteiger partial charge in [0.2, 0.25) is 0 Å². The summed E-state index contributed by atoms with van der Waals surface area (Å²) in [6, 6.07) is 5.16. The Morgan fingerprint density at radius 3 is 2.27 bits per heavy atom. The first-order valence-electron chi connectivity index (χ1n) is 3.46. The zero-order valence-corrected chi connectivity index (χ0v) is 11.1. The average Bonchev–Trinajstić information content (AvgIpc) is 1.85. The molecule has 0 heterocycles. The Morgan fingerprint density at radius 2 is 1.82 bits per heavy atom. The van der Waals surface area contributed by atoms with Gasteiger partial charge in [-0.2, -0.15) is 0 Å². The Hall–Kier alpha value is 0.00208. The van der Waals surface area contributed by atoms with Crippen LogP contribution in [0.4, 0.5) is 5.02 Å². The average molecular weight is 348 g/mol. The van der Waals surface area contributed by atoms with Crippen molar-refractivity contribution in [1.82, 2.24) is 0 Å². The number of hydrogen-bond acceptors (Lipinski definition) is 0. The molecule has 0 saturated heterocycles. The third-order valence-electron chi connectivity index (χ3n) is 1.66. The second-order valence-electron chi connectivity index (χ2n) is 2.66. The molecule has 11 heavy (non-hydrogen) atoms. The molecule has 0 aliphatic heterocycles. The summed E-state index contributed by atoms with van der Waals surface area (Å²) in [7, 11) is 0. The molecule has 0 atom stereocenters. The normalized spacial score (nSPS) is 9.82. The van der Waals surface area contributed by atoms with Crippen LogP contribution in [0.5, 0.6) is 0 Å². The van der Waals surface area contributed by atoms with Crippen molar-refractivity contribution in [1.29, 1.82) is 0 Å². The van der Waals surface area contributed by atoms with Crippen LogP contribution in [0.2, 0.25) is 0 Å². The molecule has 0 fully saturated rings. The summed E-state index contributed by atoms with van der Waals surface area (Å²) in [6.45, 7) is 3.67. The number of halogens is 2. The third kappa shape index (κ3) is 2.22. The maximum atomic E-state index is 12.4. The molecule has 0 amide bonds. The summed E-state index contributed by atoms with van der Waals surface area (Å²) in [6.07, 6.45) is 0. The second kappa shape index (κ2) is 3.60. The van der Waals surface area contributed by atoms with Crippen molar-refractivity contribution in [3.05, 3.63) is 29.3 Å². The molecule has 0 spiro atoms. The summed E-state index contributed by atoms with van der Waals surface area (Å²) in [5, 5.41) is 0. The molecule has 0 radical (unpaired) electrons. The first-order chi connectivity index (χ1) is 5.11. The van der Waals surface area contributed by atoms with Gasteiger partial charge in [-0.3, -0.25) is 0 Å². The molecule has 0 aromatic heterocycles. The Kier molecular flexibility index (Phi) is 2.98. The van der Waals surface area contributed by atoms with E-state index in [-0.39, 0.29) is 0 Å². The van der Waals surface area contributed by atoms with Gasteiger partial charge in [0.15, 0.2) is 0 Å². The fraction of sp³-hybridized carbons (Fsp3) is 0.250. The summed E-state index contributed by atoms with van der Waals surface area (Å²) in [5.74, 6) is 0. The summed E-state index contributed by atoms with van der Waals surface area (Å²) < 4.78 is 25.1. The molecule has 0 N–H and O–H groups in total. The molecular weight excluding hydrogens is 338 g/mol. The van der Waals surface area contributed by atoms with E-state index in [0.29, 0.717) is 3.12 Å². The minimum absolute atomic E-state index is 0.357. The van der Waals surface area contributed by atoms with Crippen LogP contribution in [0.15, 0.2) is 18.2 Å². The molecule has 58 valence electrons. The minimum atomic E-state index is -4.33. The van der Waals surface area contributed by atoms with Gasteiger partial charge in [-0.05, 0) is 0 Å². The Bertz CT molecular complexity index is 258. The zero-order chi connectivity index (χ0) is 8.43. The molecule has 1 rings (SSSR count). The van der Waals surface area contributed by atoms with Gasteiger partial charge in [-0.1, -0.05) is 0 Å². The van der Waals surface area contributed by atoms with Gasteiger partial charge in [0.25, 0.3) is 0 Å². The topological polar surface area (TPSA) is 0 Å². The summed E-state index contributed by atoms with van der Waals surface area (Å²) in [5.41, 5.74) is 1.82. The van der Waals surface area contributed by atoms with Gasteiger partial charge in [-0.25, -0.2) is 0 Å². The van der Waals surface area contributed by atoms with Gasteiger partial charge in [-0.15, -0.1) is 0 Å². The van der Waals surface area contributed by atoms with E-state index >= 15 is 0 Å². The van der Waals surface area contributed by atoms with Crippen LogP contribution in [-0.4, -0.2) is 24.0 Å². The molecule has 0 aliphatic carbocycles. The van der Waals surface area contributed by atoms with Gasteiger partial charge in [0.05, 0.1) is 0 Å². The Morgan fingerprint density at radius 1 is 1.18 bits per heavy atom. The van der Waals surface area contributed by atoms with Crippen LogP contribution < -0.4 is 3.12 Å². The molecule has 0 aliphatic rings. The number of aryl methyl sites for hydroxylation is 2. The molecule has 0 unspecified atom stereocenters. The number of benzene rings is 1. The second-order valence-corrected chi connectivity index (χ2v) is 7.42. The van der Waals surface area contributed by atoms with Crippen molar-refractivity contribution in [2.75, 3.05) is 0 Å². The monoisotopic (exact) mass is 348 g/mol. The fourth-order valence-corrected chi connectivity index (χ4v) is 3.67. The van der Waals surface area contributed by atoms with Crippen molar-refractivity contribution in [2.45, 2.75) is 13.8 Å². The quantitative estimate of drug-likeness (QED) is 0.681. The molecule has 1 aromatic carbocycles. The molecule has 0 nitrogen and oxygen atoms in total. The van der Waals surface area contributed by atoms with Crippen LogP contribution in [-0.2, 0) is 0 Å². The standard InChI is InChI=1S/C8H9.2FH.Tl/c1-7-4-3-5-8(2)6-7;;;/h3-4,6H,1-2H3;2*1H;/q;;;+2/p-2. The maximum absolute atomic E-state index is 12.4. The van der Waals surface area contributed by atoms with E-state index in [2.05, 4.69) is 0 Å². The van der Waals surface area contributed by atoms with E-state index in [0.717, 1.165) is 11.1 Å². The third-order valence-corrected chi connectivity index (χ3v) is 6.01. The Labute approximate surface area is 75.2 Å². The number of hydrogen-bond donors (Lipinski definition) is 0. The van der Waals surface area contributed by atoms with E-state index in [1.54, 1.807) is 19.1 Å². The predicted octanol–water partition coefficient (Wildman–Crippen LogP) is 1.94. The molecule has 0 saturated carbocycles. The van der Waals surface area contributed by atoms with E-state index in [1.807, 2.05) is 13.0 Å². The molecular formula is C8H9F2Tl. The number of rotatable bonds is 1. The van der Waals surface area contributed by atoms with Crippen molar-refractivity contribution in [3.8, 4) is 0 Å². The van der Waals surface area contributed by atoms with Crippen LogP contribution in [0.25, 0.3) is 0 Å². The van der Waals surface area contributed by atoms with Crippen LogP contribution >= 0.6 is 0 Å². The van der Waals surface area contributed by atoms with Crippen molar-refractivity contribution in [2.24, 2.45) is 0 Å². The van der Waals surface area contributed by atoms with E-state index in [4.69, 9.17) is 0 Å². The molecule has 0 bridgehead atoms. The van der Waals surface area contributed by atoms with Crippen molar-refractivity contribution >= 4 is 27.1 Å². The predicted molar refractivity (Wildman–Crippen MR) is 43.5 cm³/mol. The Balaban J connectivity index is 3.09. The van der Waals surface area contributed by atoms with Gasteiger partial charge >= 0.3 is 75.3 Å². The van der Waals surface area contributed by atoms with Crippen LogP contribution in [0.1, 0.15) is 11.1 Å². The van der Waals surface area contributed by atoms with Gasteiger partial charge < -0.3 is 0 Å². The van der Waals surface area contributed by atoms with E-state index < -0.39 is 24.0 Å². The van der Waals surface area contributed by atoms with Gasteiger partial charge in [0.1, 0.15) is 0 Å². The fourth-order valence-electron chi connectivity index (χ4n) is 1.07. The summed E-state index contributed by atoms with van der Waals surface area (Å²) in [4.78, 5) is 0. The van der Waals surface area contributed by atoms with Crippen molar-refractivity contribution < 1.29 is 5.02 Å². The van der Waals surface area contributed by atoms with E-state index in [9.17, 15) is 5.02 Å². The van der Waals surface area contributed by atoms with Crippen LogP contribution in [0.3, 0.4) is 0 Å². The van der Waals surface area contributed by atoms with Gasteiger partial charge in [0, 0.05) is 0 Å². The first kappa shape index (κ1) is 9.09. The molecule has 3 heteroatoms. The van der Waals surface area contributed by atoms with E-state index in [1.165, 1.54) is 0 Å². The zero-order valence-electron chi connectivity index (χ0n) is 6.57. The van der Waals surface area contributed by atoms with Crippen LogP contribution in [0, 0.1) is 13.8 Å². The first-order valence-corrected chi connectivity index (χ1v) is 9.10. The summed E-state index contributed by atoms with van der Waals surface area (Å²) >= 11 is -4.33. The molecule has 1 aromatic rings. The van der Waals surface area contributed by atoms with Crippen molar-refractivity contribution in [3.63, 3.8) is 0 Å². The SMILES string of the molecule is Cc1cc[c]([Tl]([F])[F])c(C)c1.